The van der Waals surface area contributed by atoms with Gasteiger partial charge in [0, 0.05) is 18.7 Å². The van der Waals surface area contributed by atoms with E-state index in [9.17, 15) is 9.59 Å². The first-order valence-electron chi connectivity index (χ1n) is 7.22. The van der Waals surface area contributed by atoms with Gasteiger partial charge in [-0.25, -0.2) is 4.98 Å². The Balaban J connectivity index is 1.52. The van der Waals surface area contributed by atoms with Crippen LogP contribution in [0.15, 0.2) is 40.1 Å². The molecule has 0 saturated carbocycles. The highest BCUT2D eigenvalue weighted by molar-refractivity contribution is 8.00. The molecule has 124 valence electrons. The molecule has 0 fully saturated rings. The third kappa shape index (κ3) is 4.14. The monoisotopic (exact) mass is 377 g/mol. The van der Waals surface area contributed by atoms with Gasteiger partial charge in [-0.15, -0.1) is 22.7 Å². The van der Waals surface area contributed by atoms with Crippen molar-refractivity contribution in [3.8, 4) is 0 Å². The van der Waals surface area contributed by atoms with Crippen molar-refractivity contribution in [2.45, 2.75) is 10.8 Å². The number of hydrogen-bond acceptors (Lipinski definition) is 6. The maximum Gasteiger partial charge on any atom is 0.261 e. The highest BCUT2D eigenvalue weighted by atomic mass is 32.2. The average molecular weight is 378 g/mol. The lowest BCUT2D eigenvalue weighted by Crippen LogP contribution is -2.27. The van der Waals surface area contributed by atoms with E-state index in [4.69, 9.17) is 0 Å². The lowest BCUT2D eigenvalue weighted by molar-refractivity contribution is -0.116. The highest BCUT2D eigenvalue weighted by Gasteiger charge is 2.09. The molecule has 0 radical (unpaired) electrons. The Kier molecular flexibility index (Phi) is 5.49. The van der Waals surface area contributed by atoms with E-state index in [1.807, 2.05) is 35.9 Å². The smallest absolute Gasteiger partial charge is 0.261 e. The van der Waals surface area contributed by atoms with Crippen LogP contribution in [0, 0.1) is 0 Å². The van der Waals surface area contributed by atoms with Gasteiger partial charge in [-0.1, -0.05) is 17.8 Å². The van der Waals surface area contributed by atoms with E-state index in [1.165, 1.54) is 11.3 Å². The van der Waals surface area contributed by atoms with Gasteiger partial charge in [-0.3, -0.25) is 9.59 Å². The zero-order valence-electron chi connectivity index (χ0n) is 12.9. The van der Waals surface area contributed by atoms with Crippen LogP contribution in [0.3, 0.4) is 0 Å². The van der Waals surface area contributed by atoms with Crippen molar-refractivity contribution in [3.05, 3.63) is 40.6 Å². The topological polar surface area (TPSA) is 71.1 Å². The van der Waals surface area contributed by atoms with Crippen LogP contribution in [-0.4, -0.2) is 29.6 Å². The van der Waals surface area contributed by atoms with E-state index in [0.717, 1.165) is 20.2 Å². The van der Waals surface area contributed by atoms with E-state index in [0.29, 0.717) is 11.4 Å². The Bertz CT molecular complexity index is 859. The zero-order valence-corrected chi connectivity index (χ0v) is 15.3. The first kappa shape index (κ1) is 16.9. The summed E-state index contributed by atoms with van der Waals surface area (Å²) in [5.41, 5.74) is 1.68. The summed E-state index contributed by atoms with van der Waals surface area (Å²) in [4.78, 5) is 28.9. The molecule has 1 aromatic carbocycles. The lowest BCUT2D eigenvalue weighted by Gasteiger charge is -2.06. The summed E-state index contributed by atoms with van der Waals surface area (Å²) in [5, 5.41) is 7.44. The van der Waals surface area contributed by atoms with Crippen molar-refractivity contribution >= 4 is 62.2 Å². The summed E-state index contributed by atoms with van der Waals surface area (Å²) < 4.78 is 2.05. The number of fused-ring (bicyclic) bond motifs is 1. The van der Waals surface area contributed by atoms with Crippen LogP contribution in [0.2, 0.25) is 0 Å². The van der Waals surface area contributed by atoms with Gasteiger partial charge in [-0.05, 0) is 35.9 Å². The van der Waals surface area contributed by atoms with Crippen molar-refractivity contribution in [2.75, 3.05) is 18.1 Å². The maximum absolute atomic E-state index is 12.0. The van der Waals surface area contributed by atoms with Crippen LogP contribution >= 0.6 is 34.4 Å². The number of hydrogen-bond donors (Lipinski definition) is 2. The molecule has 0 unspecified atom stereocenters. The largest absolute Gasteiger partial charge is 0.351 e. The molecule has 2 N–H and O–H groups in total. The van der Waals surface area contributed by atoms with Gasteiger partial charge in [0.1, 0.15) is 0 Å². The van der Waals surface area contributed by atoms with Crippen LogP contribution in [0.1, 0.15) is 16.1 Å². The van der Waals surface area contributed by atoms with Gasteiger partial charge in [0.25, 0.3) is 5.91 Å². The number of carbonyl (C=O) groups is 2. The van der Waals surface area contributed by atoms with Crippen LogP contribution in [0.4, 0.5) is 5.69 Å². The summed E-state index contributed by atoms with van der Waals surface area (Å²) in [7, 11) is 0. The Morgan fingerprint density at radius 1 is 1.29 bits per heavy atom. The highest BCUT2D eigenvalue weighted by Crippen LogP contribution is 2.29. The van der Waals surface area contributed by atoms with Gasteiger partial charge in [0.15, 0.2) is 4.34 Å². The molecule has 0 aliphatic carbocycles. The molecule has 0 bridgehead atoms. The SMILES string of the molecule is CSc1nc2ccc(NC(=O)CCNC(=O)c3cccs3)cc2s1. The fourth-order valence-electron chi connectivity index (χ4n) is 2.08. The molecule has 5 nitrogen and oxygen atoms in total. The molecular weight excluding hydrogens is 362 g/mol. The van der Waals surface area contributed by atoms with E-state index in [1.54, 1.807) is 29.2 Å². The van der Waals surface area contributed by atoms with Crippen molar-refractivity contribution in [2.24, 2.45) is 0 Å². The standard InChI is InChI=1S/C16H15N3O2S3/c1-22-16-19-11-5-4-10(9-13(11)24-16)18-14(20)6-7-17-15(21)12-3-2-8-23-12/h2-5,8-9H,6-7H2,1H3,(H,17,21)(H,18,20). The van der Waals surface area contributed by atoms with Gasteiger partial charge in [-0.2, -0.15) is 0 Å². The number of rotatable bonds is 6. The summed E-state index contributed by atoms with van der Waals surface area (Å²) in [6.45, 7) is 0.308. The quantitative estimate of drug-likeness (QED) is 0.640. The fraction of sp³-hybridized carbons (Fsp3) is 0.188. The zero-order chi connectivity index (χ0) is 16.9. The number of nitrogens with zero attached hydrogens (tertiary/aromatic N) is 1. The van der Waals surface area contributed by atoms with E-state index in [-0.39, 0.29) is 18.2 Å². The molecular formula is C16H15N3O2S3. The van der Waals surface area contributed by atoms with Crippen molar-refractivity contribution in [3.63, 3.8) is 0 Å². The molecule has 3 aromatic rings. The third-order valence-electron chi connectivity index (χ3n) is 3.21. The number of carbonyl (C=O) groups excluding carboxylic acids is 2. The van der Waals surface area contributed by atoms with Crippen LogP contribution < -0.4 is 10.6 Å². The number of thioether (sulfide) groups is 1. The number of thiophene rings is 1. The minimum Gasteiger partial charge on any atom is -0.351 e. The van der Waals surface area contributed by atoms with Gasteiger partial charge in [0.2, 0.25) is 5.91 Å². The number of amides is 2. The average Bonchev–Trinajstić information content (AvgIpc) is 3.23. The van der Waals surface area contributed by atoms with Gasteiger partial charge in [0.05, 0.1) is 15.1 Å². The second-order valence-corrected chi connectivity index (χ2v) is 7.93. The van der Waals surface area contributed by atoms with Crippen molar-refractivity contribution < 1.29 is 9.59 Å². The molecule has 0 spiro atoms. The first-order chi connectivity index (χ1) is 11.7. The molecule has 8 heteroatoms. The molecule has 24 heavy (non-hydrogen) atoms. The van der Waals surface area contributed by atoms with Crippen LogP contribution in [0.5, 0.6) is 0 Å². The minimum absolute atomic E-state index is 0.129. The summed E-state index contributed by atoms with van der Waals surface area (Å²) in [5.74, 6) is -0.274. The molecule has 0 aliphatic heterocycles. The molecule has 0 aliphatic rings. The Labute approximate surface area is 151 Å². The van der Waals surface area contributed by atoms with Crippen LogP contribution in [-0.2, 0) is 4.79 Å². The summed E-state index contributed by atoms with van der Waals surface area (Å²) in [6.07, 6.45) is 2.22. The van der Waals surface area contributed by atoms with Gasteiger partial charge < -0.3 is 10.6 Å². The molecule has 2 heterocycles. The number of benzene rings is 1. The summed E-state index contributed by atoms with van der Waals surface area (Å²) in [6, 6.07) is 9.25. The normalized spacial score (nSPS) is 10.7. The predicted molar refractivity (Wildman–Crippen MR) is 101 cm³/mol. The van der Waals surface area contributed by atoms with Crippen molar-refractivity contribution in [1.29, 1.82) is 0 Å². The number of aromatic nitrogens is 1. The van der Waals surface area contributed by atoms with E-state index in [2.05, 4.69) is 15.6 Å². The Hall–Kier alpha value is -1.90. The second kappa shape index (κ2) is 7.78. The van der Waals surface area contributed by atoms with Crippen molar-refractivity contribution in [1.82, 2.24) is 10.3 Å². The summed E-state index contributed by atoms with van der Waals surface area (Å²) >= 11 is 4.59. The Morgan fingerprint density at radius 2 is 2.17 bits per heavy atom. The lowest BCUT2D eigenvalue weighted by atomic mass is 10.3. The third-order valence-corrected chi connectivity index (χ3v) is 6.08. The number of nitrogens with one attached hydrogen (secondary N) is 2. The minimum atomic E-state index is -0.145. The second-order valence-electron chi connectivity index (χ2n) is 4.90. The maximum atomic E-state index is 12.0. The number of anilines is 1. The van der Waals surface area contributed by atoms with E-state index < -0.39 is 0 Å². The predicted octanol–water partition coefficient (Wildman–Crippen LogP) is 3.84. The van der Waals surface area contributed by atoms with Crippen LogP contribution in [0.25, 0.3) is 10.2 Å². The molecule has 2 amide bonds. The molecule has 2 aromatic heterocycles. The fourth-order valence-corrected chi connectivity index (χ4v) is 4.25. The molecule has 0 atom stereocenters. The molecule has 3 rings (SSSR count). The van der Waals surface area contributed by atoms with E-state index >= 15 is 0 Å². The first-order valence-corrected chi connectivity index (χ1v) is 10.1. The van der Waals surface area contributed by atoms with Gasteiger partial charge >= 0.3 is 0 Å². The Morgan fingerprint density at radius 3 is 2.92 bits per heavy atom. The molecule has 0 saturated heterocycles. The number of thiazole rings is 1.